The van der Waals surface area contributed by atoms with Crippen molar-refractivity contribution in [3.05, 3.63) is 54.1 Å². The third-order valence-corrected chi connectivity index (χ3v) is 5.02. The molecule has 0 aliphatic carbocycles. The van der Waals surface area contributed by atoms with Gasteiger partial charge in [-0.25, -0.2) is 9.78 Å². The number of H-pyrrole nitrogens is 1. The summed E-state index contributed by atoms with van der Waals surface area (Å²) >= 11 is 0. The lowest BCUT2D eigenvalue weighted by molar-refractivity contribution is -0.142. The fraction of sp³-hybridized carbons (Fsp3) is 0.429. The molecule has 0 saturated heterocycles. The van der Waals surface area contributed by atoms with Gasteiger partial charge in [-0.1, -0.05) is 50.6 Å². The molecule has 0 radical (unpaired) electrons. The first-order valence-electron chi connectivity index (χ1n) is 9.92. The molecule has 0 fully saturated rings. The summed E-state index contributed by atoms with van der Waals surface area (Å²) in [4.78, 5) is 43.9. The van der Waals surface area contributed by atoms with Crippen LogP contribution in [-0.2, 0) is 27.2 Å². The van der Waals surface area contributed by atoms with Gasteiger partial charge in [-0.05, 0) is 11.5 Å². The highest BCUT2D eigenvalue weighted by molar-refractivity contribution is 5.92. The molecular weight excluding hydrogens is 386 g/mol. The largest absolute Gasteiger partial charge is 0.480 e. The average molecular weight is 415 g/mol. The SMILES string of the molecule is CC[C@H](C)[C@H](NC(=O)[C@@H](N)Cc1cnc[nH]1)C(=O)N[C@@H](Cc1ccccc1)C(=O)O. The van der Waals surface area contributed by atoms with Crippen molar-refractivity contribution >= 4 is 17.8 Å². The lowest BCUT2D eigenvalue weighted by atomic mass is 9.96. The molecule has 0 bridgehead atoms. The molecule has 1 heterocycles. The number of carbonyl (C=O) groups excluding carboxylic acids is 2. The summed E-state index contributed by atoms with van der Waals surface area (Å²) in [6.07, 6.45) is 4.07. The van der Waals surface area contributed by atoms with Gasteiger partial charge in [-0.2, -0.15) is 0 Å². The Morgan fingerprint density at radius 1 is 1.13 bits per heavy atom. The van der Waals surface area contributed by atoms with E-state index in [1.165, 1.54) is 6.33 Å². The van der Waals surface area contributed by atoms with Crippen LogP contribution >= 0.6 is 0 Å². The van der Waals surface area contributed by atoms with Gasteiger partial charge in [0.15, 0.2) is 0 Å². The van der Waals surface area contributed by atoms with Crippen LogP contribution in [0.3, 0.4) is 0 Å². The van der Waals surface area contributed by atoms with Crippen LogP contribution < -0.4 is 16.4 Å². The summed E-state index contributed by atoms with van der Waals surface area (Å²) in [6.45, 7) is 3.71. The number of carboxylic acids is 1. The lowest BCUT2D eigenvalue weighted by Crippen LogP contribution is -2.57. The van der Waals surface area contributed by atoms with Gasteiger partial charge < -0.3 is 26.5 Å². The smallest absolute Gasteiger partial charge is 0.326 e. The molecule has 4 atom stereocenters. The van der Waals surface area contributed by atoms with E-state index in [0.717, 1.165) is 5.56 Å². The zero-order valence-corrected chi connectivity index (χ0v) is 17.2. The minimum atomic E-state index is -1.14. The van der Waals surface area contributed by atoms with Crippen LogP contribution in [-0.4, -0.2) is 51.0 Å². The van der Waals surface area contributed by atoms with Gasteiger partial charge in [-0.15, -0.1) is 0 Å². The van der Waals surface area contributed by atoms with E-state index in [2.05, 4.69) is 20.6 Å². The van der Waals surface area contributed by atoms with E-state index in [1.54, 1.807) is 30.5 Å². The zero-order valence-electron chi connectivity index (χ0n) is 17.2. The average Bonchev–Trinajstić information content (AvgIpc) is 3.24. The van der Waals surface area contributed by atoms with E-state index in [-0.39, 0.29) is 18.8 Å². The van der Waals surface area contributed by atoms with Gasteiger partial charge in [0.2, 0.25) is 11.8 Å². The molecule has 2 amide bonds. The van der Waals surface area contributed by atoms with E-state index in [0.29, 0.717) is 12.1 Å². The quantitative estimate of drug-likeness (QED) is 0.363. The second kappa shape index (κ2) is 11.1. The number of rotatable bonds is 11. The molecule has 0 aliphatic rings. The number of nitrogens with zero attached hydrogens (tertiary/aromatic N) is 1. The first kappa shape index (κ1) is 23.1. The Morgan fingerprint density at radius 3 is 2.40 bits per heavy atom. The Morgan fingerprint density at radius 2 is 1.83 bits per heavy atom. The minimum absolute atomic E-state index is 0.141. The van der Waals surface area contributed by atoms with Crippen LogP contribution in [0.2, 0.25) is 0 Å². The Hall–Kier alpha value is -3.20. The highest BCUT2D eigenvalue weighted by Gasteiger charge is 2.31. The number of nitrogens with two attached hydrogens (primary N) is 1. The lowest BCUT2D eigenvalue weighted by Gasteiger charge is -2.26. The normalized spacial score (nSPS) is 14.9. The Kier molecular flexibility index (Phi) is 8.54. The summed E-state index contributed by atoms with van der Waals surface area (Å²) in [6, 6.07) is 6.16. The van der Waals surface area contributed by atoms with Crippen LogP contribution in [0.25, 0.3) is 0 Å². The van der Waals surface area contributed by atoms with Crippen molar-refractivity contribution < 1.29 is 19.5 Å². The van der Waals surface area contributed by atoms with Crippen molar-refractivity contribution in [1.29, 1.82) is 0 Å². The molecule has 9 heteroatoms. The van der Waals surface area contributed by atoms with Crippen LogP contribution in [0, 0.1) is 5.92 Å². The summed E-state index contributed by atoms with van der Waals surface area (Å²) in [5.74, 6) is -2.38. The Bertz CT molecular complexity index is 825. The number of carbonyl (C=O) groups is 3. The molecule has 162 valence electrons. The highest BCUT2D eigenvalue weighted by Crippen LogP contribution is 2.11. The van der Waals surface area contributed by atoms with E-state index >= 15 is 0 Å². The van der Waals surface area contributed by atoms with Crippen molar-refractivity contribution in [1.82, 2.24) is 20.6 Å². The van der Waals surface area contributed by atoms with Crippen molar-refractivity contribution in [2.45, 2.75) is 51.2 Å². The first-order chi connectivity index (χ1) is 14.3. The first-order valence-corrected chi connectivity index (χ1v) is 9.92. The number of aliphatic carboxylic acids is 1. The number of hydrogen-bond acceptors (Lipinski definition) is 5. The predicted octanol–water partition coefficient (Wildman–Crippen LogP) is 0.623. The van der Waals surface area contributed by atoms with Gasteiger partial charge in [0, 0.05) is 24.7 Å². The number of carboxylic acid groups (broad SMARTS) is 1. The molecule has 2 rings (SSSR count). The molecule has 30 heavy (non-hydrogen) atoms. The maximum atomic E-state index is 12.9. The summed E-state index contributed by atoms with van der Waals surface area (Å²) < 4.78 is 0. The van der Waals surface area contributed by atoms with Crippen LogP contribution in [0.4, 0.5) is 0 Å². The van der Waals surface area contributed by atoms with Crippen molar-refractivity contribution in [2.75, 3.05) is 0 Å². The molecule has 0 saturated carbocycles. The van der Waals surface area contributed by atoms with Crippen molar-refractivity contribution in [3.63, 3.8) is 0 Å². The van der Waals surface area contributed by atoms with Crippen LogP contribution in [0.1, 0.15) is 31.5 Å². The maximum Gasteiger partial charge on any atom is 0.326 e. The second-order valence-corrected chi connectivity index (χ2v) is 7.35. The fourth-order valence-electron chi connectivity index (χ4n) is 3.00. The third-order valence-electron chi connectivity index (χ3n) is 5.02. The molecule has 1 aromatic carbocycles. The van der Waals surface area contributed by atoms with E-state index in [1.807, 2.05) is 19.9 Å². The van der Waals surface area contributed by atoms with Crippen molar-refractivity contribution in [3.8, 4) is 0 Å². The van der Waals surface area contributed by atoms with Gasteiger partial charge in [0.25, 0.3) is 0 Å². The van der Waals surface area contributed by atoms with Gasteiger partial charge in [-0.3, -0.25) is 9.59 Å². The van der Waals surface area contributed by atoms with Gasteiger partial charge in [0.1, 0.15) is 12.1 Å². The second-order valence-electron chi connectivity index (χ2n) is 7.35. The summed E-state index contributed by atoms with van der Waals surface area (Å²) in [5, 5.41) is 14.8. The van der Waals surface area contributed by atoms with Crippen LogP contribution in [0.15, 0.2) is 42.9 Å². The van der Waals surface area contributed by atoms with E-state index < -0.39 is 35.9 Å². The molecule has 9 nitrogen and oxygen atoms in total. The maximum absolute atomic E-state index is 12.9. The highest BCUT2D eigenvalue weighted by atomic mass is 16.4. The third kappa shape index (κ3) is 6.70. The summed E-state index contributed by atoms with van der Waals surface area (Å²) in [5.41, 5.74) is 7.46. The fourth-order valence-corrected chi connectivity index (χ4v) is 3.00. The predicted molar refractivity (Wildman–Crippen MR) is 111 cm³/mol. The molecular formula is C21H29N5O4. The number of aromatic amines is 1. The molecule has 0 unspecified atom stereocenters. The topological polar surface area (TPSA) is 150 Å². The van der Waals surface area contributed by atoms with Crippen LogP contribution in [0.5, 0.6) is 0 Å². The number of nitrogens with one attached hydrogen (secondary N) is 3. The number of amides is 2. The Labute approximate surface area is 175 Å². The monoisotopic (exact) mass is 415 g/mol. The van der Waals surface area contributed by atoms with Crippen molar-refractivity contribution in [2.24, 2.45) is 11.7 Å². The molecule has 0 spiro atoms. The van der Waals surface area contributed by atoms with Gasteiger partial charge >= 0.3 is 5.97 Å². The van der Waals surface area contributed by atoms with Gasteiger partial charge in [0.05, 0.1) is 12.4 Å². The molecule has 0 aliphatic heterocycles. The number of hydrogen-bond donors (Lipinski definition) is 5. The number of benzene rings is 1. The molecule has 1 aromatic heterocycles. The van der Waals surface area contributed by atoms with E-state index in [4.69, 9.17) is 5.73 Å². The Balaban J connectivity index is 2.05. The number of aromatic nitrogens is 2. The standard InChI is InChI=1S/C21H29N5O4/c1-3-13(2)18(26-19(27)16(22)10-15-11-23-12-24-15)20(28)25-17(21(29)30)9-14-7-5-4-6-8-14/h4-8,11-13,16-18H,3,9-10,22H2,1-2H3,(H,23,24)(H,25,28)(H,26,27)(H,29,30)/t13-,16-,17-,18-/m0/s1. The number of imidazole rings is 1. The zero-order chi connectivity index (χ0) is 22.1. The summed E-state index contributed by atoms with van der Waals surface area (Å²) in [7, 11) is 0. The molecule has 2 aromatic rings. The molecule has 6 N–H and O–H groups in total. The minimum Gasteiger partial charge on any atom is -0.480 e. The van der Waals surface area contributed by atoms with E-state index in [9.17, 15) is 19.5 Å².